The summed E-state index contributed by atoms with van der Waals surface area (Å²) in [6.45, 7) is 7.76. The van der Waals surface area contributed by atoms with Gasteiger partial charge in [-0.3, -0.25) is 14.4 Å². The maximum atomic E-state index is 12.3. The van der Waals surface area contributed by atoms with Crippen LogP contribution in [-0.4, -0.2) is 67.6 Å². The topological polar surface area (TPSA) is 95.4 Å². The molecule has 1 spiro atoms. The number of aromatic nitrogens is 3. The first-order valence-corrected chi connectivity index (χ1v) is 10.4. The van der Waals surface area contributed by atoms with Gasteiger partial charge in [0.2, 0.25) is 0 Å². The summed E-state index contributed by atoms with van der Waals surface area (Å²) in [5.74, 6) is -0.221. The van der Waals surface area contributed by atoms with E-state index >= 15 is 0 Å². The molecule has 8 nitrogen and oxygen atoms in total. The van der Waals surface area contributed by atoms with Gasteiger partial charge in [0.05, 0.1) is 29.5 Å². The van der Waals surface area contributed by atoms with Gasteiger partial charge in [-0.05, 0) is 44.9 Å². The molecule has 3 N–H and O–H groups in total. The van der Waals surface area contributed by atoms with Gasteiger partial charge in [-0.1, -0.05) is 0 Å². The van der Waals surface area contributed by atoms with Crippen LogP contribution in [-0.2, 0) is 17.8 Å². The number of aromatic amines is 1. The number of H-pyrrole nitrogens is 1. The van der Waals surface area contributed by atoms with Gasteiger partial charge in [-0.15, -0.1) is 0 Å². The maximum absolute atomic E-state index is 12.3. The molecule has 1 amide bonds. The minimum Gasteiger partial charge on any atom is -0.388 e. The number of likely N-dealkylation sites (tertiary alicyclic amines) is 1. The van der Waals surface area contributed by atoms with E-state index in [0.29, 0.717) is 18.7 Å². The van der Waals surface area contributed by atoms with Gasteiger partial charge in [0.25, 0.3) is 5.91 Å². The van der Waals surface area contributed by atoms with Crippen LogP contribution in [0.3, 0.4) is 0 Å². The van der Waals surface area contributed by atoms with Crippen molar-refractivity contribution in [2.24, 2.45) is 0 Å². The highest BCUT2D eigenvalue weighted by Gasteiger charge is 2.49. The van der Waals surface area contributed by atoms with Crippen molar-refractivity contribution in [1.82, 2.24) is 25.0 Å². The van der Waals surface area contributed by atoms with Crippen molar-refractivity contribution in [3.05, 3.63) is 42.0 Å². The van der Waals surface area contributed by atoms with E-state index in [-0.39, 0.29) is 11.5 Å². The first kappa shape index (κ1) is 20.1. The molecule has 158 valence electrons. The van der Waals surface area contributed by atoms with E-state index in [0.717, 1.165) is 44.7 Å². The molecule has 2 atom stereocenters. The number of hydrogen-bond acceptors (Lipinski definition) is 5. The Labute approximate surface area is 171 Å². The molecule has 0 radical (unpaired) electrons. The fourth-order valence-electron chi connectivity index (χ4n) is 4.50. The number of carbonyl (C=O) groups excluding carboxylic acids is 1. The van der Waals surface area contributed by atoms with Crippen LogP contribution in [0.4, 0.5) is 0 Å². The summed E-state index contributed by atoms with van der Waals surface area (Å²) in [7, 11) is 0. The summed E-state index contributed by atoms with van der Waals surface area (Å²) in [5, 5.41) is 18.6. The second kappa shape index (κ2) is 7.93. The summed E-state index contributed by atoms with van der Waals surface area (Å²) in [6, 6.07) is 5.14. The predicted octanol–water partition coefficient (Wildman–Crippen LogP) is 1.54. The monoisotopic (exact) mass is 401 g/mol. The van der Waals surface area contributed by atoms with Crippen LogP contribution < -0.4 is 5.32 Å². The van der Waals surface area contributed by atoms with Gasteiger partial charge < -0.3 is 20.1 Å². The fraction of sp³-hybridized carbons (Fsp3) is 0.619. The molecule has 2 saturated heterocycles. The molecule has 0 aliphatic carbocycles. The van der Waals surface area contributed by atoms with Gasteiger partial charge in [0.15, 0.2) is 0 Å². The Hall–Kier alpha value is -2.16. The summed E-state index contributed by atoms with van der Waals surface area (Å²) in [4.78, 5) is 17.6. The van der Waals surface area contributed by atoms with Crippen LogP contribution in [0.2, 0.25) is 0 Å². The highest BCUT2D eigenvalue weighted by Crippen LogP contribution is 2.39. The van der Waals surface area contributed by atoms with Crippen molar-refractivity contribution in [1.29, 1.82) is 0 Å². The van der Waals surface area contributed by atoms with Crippen molar-refractivity contribution in [2.75, 3.05) is 19.7 Å². The van der Waals surface area contributed by atoms with Crippen LogP contribution in [0.25, 0.3) is 0 Å². The van der Waals surface area contributed by atoms with E-state index in [1.165, 1.54) is 0 Å². The first-order valence-electron chi connectivity index (χ1n) is 10.4. The summed E-state index contributed by atoms with van der Waals surface area (Å²) >= 11 is 0. The number of nitrogens with zero attached hydrogens (tertiary/aromatic N) is 3. The van der Waals surface area contributed by atoms with E-state index in [1.807, 2.05) is 10.9 Å². The Balaban J connectivity index is 1.32. The lowest BCUT2D eigenvalue weighted by molar-refractivity contribution is -0.186. The Morgan fingerprint density at radius 2 is 2.21 bits per heavy atom. The average Bonchev–Trinajstić information content (AvgIpc) is 3.38. The molecule has 0 unspecified atom stereocenters. The van der Waals surface area contributed by atoms with Crippen molar-refractivity contribution in [2.45, 2.75) is 63.4 Å². The summed E-state index contributed by atoms with van der Waals surface area (Å²) in [5.41, 5.74) is 0.241. The molecule has 0 bridgehead atoms. The van der Waals surface area contributed by atoms with E-state index in [9.17, 15) is 9.90 Å². The third-order valence-corrected chi connectivity index (χ3v) is 6.31. The van der Waals surface area contributed by atoms with Gasteiger partial charge in [-0.25, -0.2) is 0 Å². The van der Waals surface area contributed by atoms with Gasteiger partial charge in [0.1, 0.15) is 5.69 Å². The molecular formula is C21H31N5O3. The minimum absolute atomic E-state index is 0.221. The van der Waals surface area contributed by atoms with E-state index in [4.69, 9.17) is 4.74 Å². The number of piperidine rings is 1. The van der Waals surface area contributed by atoms with Gasteiger partial charge >= 0.3 is 0 Å². The SMILES string of the molecule is CCn1ccc(CN2CCC3(CC2)C[C@](C)(O)[C@@H](NC(=O)c2ccc[nH]2)CO3)n1. The highest BCUT2D eigenvalue weighted by atomic mass is 16.5. The predicted molar refractivity (Wildman–Crippen MR) is 108 cm³/mol. The molecule has 0 saturated carbocycles. The van der Waals surface area contributed by atoms with Crippen LogP contribution in [0, 0.1) is 0 Å². The van der Waals surface area contributed by atoms with Crippen molar-refractivity contribution in [3.63, 3.8) is 0 Å². The zero-order chi connectivity index (χ0) is 20.5. The highest BCUT2D eigenvalue weighted by molar-refractivity contribution is 5.92. The molecule has 2 aromatic rings. The van der Waals surface area contributed by atoms with Crippen molar-refractivity contribution >= 4 is 5.91 Å². The standard InChI is InChI=1S/C21H31N5O3/c1-3-26-10-6-16(24-26)13-25-11-7-21(8-12-25)15-20(2,28)18(14-29-21)23-19(27)17-5-4-9-22-17/h4-6,9-10,18,22,28H,3,7-8,11-15H2,1-2H3,(H,23,27)/t18-,20-/m0/s1. The smallest absolute Gasteiger partial charge is 0.268 e. The largest absolute Gasteiger partial charge is 0.388 e. The van der Waals surface area contributed by atoms with Crippen molar-refractivity contribution in [3.8, 4) is 0 Å². The van der Waals surface area contributed by atoms with Crippen LogP contribution >= 0.6 is 0 Å². The van der Waals surface area contributed by atoms with E-state index < -0.39 is 11.6 Å². The number of aryl methyl sites for hydroxylation is 1. The number of rotatable bonds is 5. The number of nitrogens with one attached hydrogen (secondary N) is 2. The number of ether oxygens (including phenoxy) is 1. The Morgan fingerprint density at radius 1 is 1.41 bits per heavy atom. The molecular weight excluding hydrogens is 370 g/mol. The van der Waals surface area contributed by atoms with E-state index in [1.54, 1.807) is 25.3 Å². The number of hydrogen-bond donors (Lipinski definition) is 3. The third-order valence-electron chi connectivity index (χ3n) is 6.31. The van der Waals surface area contributed by atoms with Crippen LogP contribution in [0.5, 0.6) is 0 Å². The lowest BCUT2D eigenvalue weighted by atomic mass is 9.75. The fourth-order valence-corrected chi connectivity index (χ4v) is 4.50. The lowest BCUT2D eigenvalue weighted by Gasteiger charge is -2.51. The normalized spacial score (nSPS) is 27.2. The van der Waals surface area contributed by atoms with Crippen LogP contribution in [0.1, 0.15) is 49.3 Å². The molecule has 4 heterocycles. The summed E-state index contributed by atoms with van der Waals surface area (Å²) < 4.78 is 8.21. The average molecular weight is 402 g/mol. The Bertz CT molecular complexity index is 821. The van der Waals surface area contributed by atoms with E-state index in [2.05, 4.69) is 33.3 Å². The lowest BCUT2D eigenvalue weighted by Crippen LogP contribution is -2.63. The summed E-state index contributed by atoms with van der Waals surface area (Å²) in [6.07, 6.45) is 5.99. The minimum atomic E-state index is -1.01. The van der Waals surface area contributed by atoms with Crippen LogP contribution in [0.15, 0.2) is 30.6 Å². The number of aliphatic hydroxyl groups is 1. The first-order chi connectivity index (χ1) is 13.9. The zero-order valence-electron chi connectivity index (χ0n) is 17.2. The molecule has 8 heteroatoms. The Kier molecular flexibility index (Phi) is 5.50. The maximum Gasteiger partial charge on any atom is 0.268 e. The van der Waals surface area contributed by atoms with Gasteiger partial charge in [-0.2, -0.15) is 5.10 Å². The van der Waals surface area contributed by atoms with Gasteiger partial charge in [0, 0.05) is 45.0 Å². The third kappa shape index (κ3) is 4.39. The Morgan fingerprint density at radius 3 is 2.83 bits per heavy atom. The second-order valence-electron chi connectivity index (χ2n) is 8.58. The molecule has 29 heavy (non-hydrogen) atoms. The molecule has 2 aromatic heterocycles. The second-order valence-corrected chi connectivity index (χ2v) is 8.58. The quantitative estimate of drug-likeness (QED) is 0.706. The molecule has 2 aliphatic heterocycles. The van der Waals surface area contributed by atoms with Crippen molar-refractivity contribution < 1.29 is 14.6 Å². The number of amides is 1. The molecule has 2 fully saturated rings. The molecule has 0 aromatic carbocycles. The molecule has 4 rings (SSSR count). The zero-order valence-corrected chi connectivity index (χ0v) is 17.2. The number of carbonyl (C=O) groups is 1. The molecule has 2 aliphatic rings.